The van der Waals surface area contributed by atoms with Gasteiger partial charge in [-0.1, -0.05) is 26.0 Å². The monoisotopic (exact) mass is 292 g/mol. The van der Waals surface area contributed by atoms with Crippen LogP contribution in [0.15, 0.2) is 24.3 Å². The van der Waals surface area contributed by atoms with Gasteiger partial charge >= 0.3 is 5.97 Å². The van der Waals surface area contributed by atoms with Crippen molar-refractivity contribution in [2.45, 2.75) is 39.7 Å². The summed E-state index contributed by atoms with van der Waals surface area (Å²) >= 11 is 0. The summed E-state index contributed by atoms with van der Waals surface area (Å²) in [7, 11) is 0. The van der Waals surface area contributed by atoms with Gasteiger partial charge < -0.3 is 10.4 Å². The first-order valence-electron chi connectivity index (χ1n) is 7.18. The van der Waals surface area contributed by atoms with E-state index < -0.39 is 11.5 Å². The second-order valence-electron chi connectivity index (χ2n) is 5.48. The molecule has 0 aliphatic rings. The molecule has 0 radical (unpaired) electrons. The number of carbonyl (C=O) groups excluding carboxylic acids is 1. The van der Waals surface area contributed by atoms with Gasteiger partial charge in [-0.2, -0.15) is 0 Å². The normalized spacial score (nSPS) is 11.5. The Morgan fingerprint density at radius 2 is 1.76 bits per heavy atom. The molecule has 1 aromatic rings. The summed E-state index contributed by atoms with van der Waals surface area (Å²) in [5.41, 5.74) is 0.856. The highest BCUT2D eigenvalue weighted by molar-refractivity contribution is 5.92. The van der Waals surface area contributed by atoms with E-state index in [0.29, 0.717) is 6.54 Å². The van der Waals surface area contributed by atoms with E-state index in [9.17, 15) is 14.7 Å². The number of carboxylic acids is 1. The number of rotatable bonds is 7. The van der Waals surface area contributed by atoms with E-state index >= 15 is 0 Å². The molecule has 21 heavy (non-hydrogen) atoms. The Balaban J connectivity index is 2.68. The fourth-order valence-electron chi connectivity index (χ4n) is 2.04. The van der Waals surface area contributed by atoms with Crippen LogP contribution in [0, 0.1) is 0 Å². The minimum atomic E-state index is -1.07. The van der Waals surface area contributed by atoms with Crippen molar-refractivity contribution in [1.82, 2.24) is 4.90 Å². The van der Waals surface area contributed by atoms with Crippen LogP contribution in [0.4, 0.5) is 5.69 Å². The number of carboxylic acid groups (broad SMARTS) is 1. The maximum atomic E-state index is 12.1. The van der Waals surface area contributed by atoms with Gasteiger partial charge in [0.2, 0.25) is 5.91 Å². The quantitative estimate of drug-likeness (QED) is 0.809. The van der Waals surface area contributed by atoms with Crippen LogP contribution in [0.5, 0.6) is 0 Å². The van der Waals surface area contributed by atoms with Crippen LogP contribution in [0.2, 0.25) is 0 Å². The molecule has 1 amide bonds. The minimum absolute atomic E-state index is 0.0470. The first-order chi connectivity index (χ1) is 9.81. The Kier molecular flexibility index (Phi) is 5.90. The third-order valence-corrected chi connectivity index (χ3v) is 3.68. The summed E-state index contributed by atoms with van der Waals surface area (Å²) in [6.45, 7) is 7.64. The lowest BCUT2D eigenvalue weighted by Gasteiger charge is -2.33. The molecule has 5 nitrogen and oxygen atoms in total. The molecule has 2 N–H and O–H groups in total. The largest absolute Gasteiger partial charge is 0.480 e. The Hall–Kier alpha value is -1.88. The summed E-state index contributed by atoms with van der Waals surface area (Å²) in [5.74, 6) is -1.15. The number of anilines is 1. The van der Waals surface area contributed by atoms with Gasteiger partial charge in [0.25, 0.3) is 0 Å². The van der Waals surface area contributed by atoms with E-state index in [-0.39, 0.29) is 12.5 Å². The zero-order valence-corrected chi connectivity index (χ0v) is 13.1. The van der Waals surface area contributed by atoms with E-state index in [0.717, 1.165) is 12.1 Å². The molecule has 0 spiro atoms. The molecule has 0 saturated heterocycles. The SMILES string of the molecule is CCc1ccc(NC(=O)CN(CC)C(C)(C)C(=O)O)cc1. The molecule has 0 aromatic heterocycles. The maximum Gasteiger partial charge on any atom is 0.323 e. The molecular formula is C16H24N2O3. The van der Waals surface area contributed by atoms with Gasteiger partial charge in [0.1, 0.15) is 5.54 Å². The molecule has 116 valence electrons. The number of amides is 1. The fourth-order valence-corrected chi connectivity index (χ4v) is 2.04. The molecule has 0 saturated carbocycles. The van der Waals surface area contributed by atoms with Crippen LogP contribution >= 0.6 is 0 Å². The number of aryl methyl sites for hydroxylation is 1. The first-order valence-corrected chi connectivity index (χ1v) is 7.18. The van der Waals surface area contributed by atoms with Gasteiger partial charge in [0.15, 0.2) is 0 Å². The van der Waals surface area contributed by atoms with Crippen LogP contribution < -0.4 is 5.32 Å². The second kappa shape index (κ2) is 7.22. The Morgan fingerprint density at radius 1 is 1.19 bits per heavy atom. The highest BCUT2D eigenvalue weighted by Gasteiger charge is 2.34. The number of hydrogen-bond acceptors (Lipinski definition) is 3. The topological polar surface area (TPSA) is 69.6 Å². The van der Waals surface area contributed by atoms with Crippen molar-refractivity contribution in [2.24, 2.45) is 0 Å². The molecule has 1 rings (SSSR count). The lowest BCUT2D eigenvalue weighted by atomic mass is 10.0. The third-order valence-electron chi connectivity index (χ3n) is 3.68. The van der Waals surface area contributed by atoms with Gasteiger partial charge in [-0.3, -0.25) is 14.5 Å². The Bertz CT molecular complexity index is 495. The number of benzene rings is 1. The van der Waals surface area contributed by atoms with Crippen molar-refractivity contribution in [3.8, 4) is 0 Å². The van der Waals surface area contributed by atoms with Crippen LogP contribution in [0.3, 0.4) is 0 Å². The molecule has 5 heteroatoms. The van der Waals surface area contributed by atoms with E-state index in [1.807, 2.05) is 31.2 Å². The zero-order valence-electron chi connectivity index (χ0n) is 13.1. The molecule has 0 aliphatic heterocycles. The molecule has 0 aliphatic carbocycles. The first kappa shape index (κ1) is 17.2. The molecule has 0 heterocycles. The lowest BCUT2D eigenvalue weighted by Crippen LogP contribution is -2.52. The van der Waals surface area contributed by atoms with Gasteiger partial charge in [0.05, 0.1) is 6.54 Å². The zero-order chi connectivity index (χ0) is 16.0. The highest BCUT2D eigenvalue weighted by Crippen LogP contribution is 2.15. The number of nitrogens with zero attached hydrogens (tertiary/aromatic N) is 1. The predicted molar refractivity (Wildman–Crippen MR) is 83.4 cm³/mol. The highest BCUT2D eigenvalue weighted by atomic mass is 16.4. The van der Waals surface area contributed by atoms with Crippen molar-refractivity contribution in [1.29, 1.82) is 0 Å². The second-order valence-corrected chi connectivity index (χ2v) is 5.48. The molecule has 1 aromatic carbocycles. The molecule has 0 bridgehead atoms. The summed E-state index contributed by atoms with van der Waals surface area (Å²) in [6.07, 6.45) is 0.949. The van der Waals surface area contributed by atoms with Crippen LogP contribution in [-0.4, -0.2) is 40.5 Å². The summed E-state index contributed by atoms with van der Waals surface area (Å²) in [5, 5.41) is 12.0. The van der Waals surface area contributed by atoms with Crippen molar-refractivity contribution in [3.05, 3.63) is 29.8 Å². The molecule has 0 atom stereocenters. The van der Waals surface area contributed by atoms with Crippen molar-refractivity contribution in [2.75, 3.05) is 18.4 Å². The van der Waals surface area contributed by atoms with E-state index in [2.05, 4.69) is 12.2 Å². The van der Waals surface area contributed by atoms with E-state index in [1.165, 1.54) is 5.56 Å². The Labute approximate surface area is 126 Å². The molecular weight excluding hydrogens is 268 g/mol. The van der Waals surface area contributed by atoms with Crippen LogP contribution in [0.25, 0.3) is 0 Å². The summed E-state index contributed by atoms with van der Waals surface area (Å²) in [4.78, 5) is 24.9. The van der Waals surface area contributed by atoms with E-state index in [4.69, 9.17) is 0 Å². The minimum Gasteiger partial charge on any atom is -0.480 e. The smallest absolute Gasteiger partial charge is 0.323 e. The predicted octanol–water partition coefficient (Wildman–Crippen LogP) is 2.37. The van der Waals surface area contributed by atoms with Crippen molar-refractivity contribution in [3.63, 3.8) is 0 Å². The van der Waals surface area contributed by atoms with Gasteiger partial charge in [-0.25, -0.2) is 0 Å². The number of carbonyl (C=O) groups is 2. The molecule has 0 unspecified atom stereocenters. The van der Waals surface area contributed by atoms with Crippen LogP contribution in [-0.2, 0) is 16.0 Å². The number of aliphatic carboxylic acids is 1. The lowest BCUT2D eigenvalue weighted by molar-refractivity contribution is -0.149. The van der Waals surface area contributed by atoms with Gasteiger partial charge in [-0.15, -0.1) is 0 Å². The van der Waals surface area contributed by atoms with Crippen molar-refractivity contribution >= 4 is 17.6 Å². The summed E-state index contributed by atoms with van der Waals surface area (Å²) < 4.78 is 0. The van der Waals surface area contributed by atoms with Gasteiger partial charge in [-0.05, 0) is 44.5 Å². The third kappa shape index (κ3) is 4.56. The van der Waals surface area contributed by atoms with Crippen molar-refractivity contribution < 1.29 is 14.7 Å². The summed E-state index contributed by atoms with van der Waals surface area (Å²) in [6, 6.07) is 7.65. The number of likely N-dealkylation sites (N-methyl/N-ethyl adjacent to an activating group) is 1. The standard InChI is InChI=1S/C16H24N2O3/c1-5-12-7-9-13(10-8-12)17-14(19)11-18(6-2)16(3,4)15(20)21/h7-10H,5-6,11H2,1-4H3,(H,17,19)(H,20,21). The fraction of sp³-hybridized carbons (Fsp3) is 0.500. The van der Waals surface area contributed by atoms with E-state index in [1.54, 1.807) is 18.7 Å². The number of nitrogens with one attached hydrogen (secondary N) is 1. The average molecular weight is 292 g/mol. The maximum absolute atomic E-state index is 12.1. The van der Waals surface area contributed by atoms with Gasteiger partial charge in [0, 0.05) is 5.69 Å². The average Bonchev–Trinajstić information content (AvgIpc) is 2.45. The Morgan fingerprint density at radius 3 is 2.19 bits per heavy atom. The van der Waals surface area contributed by atoms with Crippen LogP contribution in [0.1, 0.15) is 33.3 Å². The molecule has 0 fully saturated rings. The number of hydrogen-bond donors (Lipinski definition) is 2.